The second kappa shape index (κ2) is 7.57. The van der Waals surface area contributed by atoms with Crippen LogP contribution in [0.3, 0.4) is 0 Å². The molecule has 0 aliphatic heterocycles. The Morgan fingerprint density at radius 1 is 1.33 bits per heavy atom. The van der Waals surface area contributed by atoms with Crippen LogP contribution in [0.25, 0.3) is 0 Å². The van der Waals surface area contributed by atoms with Gasteiger partial charge in [0, 0.05) is 18.6 Å². The van der Waals surface area contributed by atoms with Gasteiger partial charge < -0.3 is 10.1 Å². The summed E-state index contributed by atoms with van der Waals surface area (Å²) in [5.74, 6) is -0.269. The van der Waals surface area contributed by atoms with Gasteiger partial charge in [-0.2, -0.15) is 0 Å². The van der Waals surface area contributed by atoms with Gasteiger partial charge in [-0.3, -0.25) is 4.90 Å². The summed E-state index contributed by atoms with van der Waals surface area (Å²) < 4.78 is 4.78. The van der Waals surface area contributed by atoms with E-state index in [1.165, 1.54) is 32.8 Å². The maximum absolute atomic E-state index is 11.6. The molecule has 0 heterocycles. The molecule has 1 fully saturated rings. The lowest BCUT2D eigenvalue weighted by Gasteiger charge is -2.34. The SMILES string of the molecule is CNC1CCC(N(C)Cc2cccc(C(=O)OC)c2)CC1. The van der Waals surface area contributed by atoms with Crippen LogP contribution in [-0.4, -0.2) is 44.2 Å². The maximum atomic E-state index is 11.6. The molecule has 0 unspecified atom stereocenters. The Morgan fingerprint density at radius 3 is 2.67 bits per heavy atom. The van der Waals surface area contributed by atoms with Crippen LogP contribution in [0.5, 0.6) is 0 Å². The van der Waals surface area contributed by atoms with E-state index in [-0.39, 0.29) is 5.97 Å². The van der Waals surface area contributed by atoms with Crippen LogP contribution in [0.4, 0.5) is 0 Å². The first kappa shape index (κ1) is 16.0. The molecule has 2 rings (SSSR count). The Hall–Kier alpha value is -1.39. The van der Waals surface area contributed by atoms with Crippen molar-refractivity contribution in [3.63, 3.8) is 0 Å². The molecule has 1 saturated carbocycles. The fourth-order valence-corrected chi connectivity index (χ4v) is 3.14. The minimum Gasteiger partial charge on any atom is -0.465 e. The van der Waals surface area contributed by atoms with Gasteiger partial charge in [0.25, 0.3) is 0 Å². The molecule has 0 bridgehead atoms. The van der Waals surface area contributed by atoms with Gasteiger partial charge in [-0.05, 0) is 57.5 Å². The molecule has 0 amide bonds. The second-order valence-electron chi connectivity index (χ2n) is 5.90. The molecule has 4 nitrogen and oxygen atoms in total. The van der Waals surface area contributed by atoms with Crippen LogP contribution in [0.2, 0.25) is 0 Å². The molecule has 0 saturated heterocycles. The second-order valence-corrected chi connectivity index (χ2v) is 5.90. The molecule has 1 aliphatic rings. The summed E-state index contributed by atoms with van der Waals surface area (Å²) in [6, 6.07) is 9.04. The third kappa shape index (κ3) is 4.29. The molecule has 1 aromatic rings. The summed E-state index contributed by atoms with van der Waals surface area (Å²) in [4.78, 5) is 14.0. The fraction of sp³-hybridized carbons (Fsp3) is 0.588. The number of nitrogens with one attached hydrogen (secondary N) is 1. The highest BCUT2D eigenvalue weighted by Crippen LogP contribution is 2.23. The molecule has 1 N–H and O–H groups in total. The van der Waals surface area contributed by atoms with Crippen molar-refractivity contribution in [3.8, 4) is 0 Å². The summed E-state index contributed by atoms with van der Waals surface area (Å²) in [6.07, 6.45) is 4.96. The molecule has 4 heteroatoms. The topological polar surface area (TPSA) is 41.6 Å². The minimum atomic E-state index is -0.269. The van der Waals surface area contributed by atoms with Crippen LogP contribution in [0.15, 0.2) is 24.3 Å². The highest BCUT2D eigenvalue weighted by atomic mass is 16.5. The largest absolute Gasteiger partial charge is 0.465 e. The Labute approximate surface area is 127 Å². The van der Waals surface area contributed by atoms with Crippen molar-refractivity contribution in [2.75, 3.05) is 21.2 Å². The Morgan fingerprint density at radius 2 is 2.05 bits per heavy atom. The third-order valence-electron chi connectivity index (χ3n) is 4.51. The number of carbonyl (C=O) groups excluding carboxylic acids is 1. The standard InChI is InChI=1S/C17H26N2O2/c1-18-15-7-9-16(10-8-15)19(2)12-13-5-4-6-14(11-13)17(20)21-3/h4-6,11,15-16,18H,7-10,12H2,1-3H3. The number of nitrogens with zero attached hydrogens (tertiary/aromatic N) is 1. The van der Waals surface area contributed by atoms with Crippen molar-refractivity contribution in [1.29, 1.82) is 0 Å². The minimum absolute atomic E-state index is 0.269. The number of methoxy groups -OCH3 is 1. The number of benzene rings is 1. The zero-order chi connectivity index (χ0) is 15.2. The average Bonchev–Trinajstić information content (AvgIpc) is 2.54. The monoisotopic (exact) mass is 290 g/mol. The van der Waals surface area contributed by atoms with E-state index in [1.54, 1.807) is 6.07 Å². The van der Waals surface area contributed by atoms with E-state index in [1.807, 2.05) is 19.2 Å². The van der Waals surface area contributed by atoms with Gasteiger partial charge in [0.2, 0.25) is 0 Å². The van der Waals surface area contributed by atoms with Gasteiger partial charge in [-0.1, -0.05) is 12.1 Å². The van der Waals surface area contributed by atoms with Crippen LogP contribution in [0.1, 0.15) is 41.6 Å². The van der Waals surface area contributed by atoms with Crippen molar-refractivity contribution < 1.29 is 9.53 Å². The van der Waals surface area contributed by atoms with E-state index in [0.29, 0.717) is 17.6 Å². The molecule has 0 atom stereocenters. The molecule has 1 aromatic carbocycles. The molecule has 0 radical (unpaired) electrons. The Bertz CT molecular complexity index is 468. The lowest BCUT2D eigenvalue weighted by Crippen LogP contribution is -2.39. The first-order valence-electron chi connectivity index (χ1n) is 7.68. The van der Waals surface area contributed by atoms with Crippen molar-refractivity contribution in [2.24, 2.45) is 0 Å². The molecule has 1 aliphatic carbocycles. The van der Waals surface area contributed by atoms with E-state index in [9.17, 15) is 4.79 Å². The zero-order valence-corrected chi connectivity index (χ0v) is 13.3. The van der Waals surface area contributed by atoms with Gasteiger partial charge in [-0.15, -0.1) is 0 Å². The van der Waals surface area contributed by atoms with Gasteiger partial charge >= 0.3 is 5.97 Å². The van der Waals surface area contributed by atoms with E-state index < -0.39 is 0 Å². The van der Waals surface area contributed by atoms with Crippen molar-refractivity contribution in [1.82, 2.24) is 10.2 Å². The van der Waals surface area contributed by atoms with Crippen LogP contribution in [-0.2, 0) is 11.3 Å². The van der Waals surface area contributed by atoms with Crippen molar-refractivity contribution >= 4 is 5.97 Å². The highest BCUT2D eigenvalue weighted by molar-refractivity contribution is 5.89. The first-order valence-corrected chi connectivity index (χ1v) is 7.68. The van der Waals surface area contributed by atoms with Crippen LogP contribution >= 0.6 is 0 Å². The highest BCUT2D eigenvalue weighted by Gasteiger charge is 2.23. The lowest BCUT2D eigenvalue weighted by atomic mass is 9.90. The number of esters is 1. The van der Waals surface area contributed by atoms with Gasteiger partial charge in [0.15, 0.2) is 0 Å². The molecule has 116 valence electrons. The van der Waals surface area contributed by atoms with Gasteiger partial charge in [-0.25, -0.2) is 4.79 Å². The Kier molecular flexibility index (Phi) is 5.76. The predicted octanol–water partition coefficient (Wildman–Crippen LogP) is 2.44. The first-order chi connectivity index (χ1) is 10.1. The lowest BCUT2D eigenvalue weighted by molar-refractivity contribution is 0.0600. The van der Waals surface area contributed by atoms with Crippen molar-refractivity contribution in [2.45, 2.75) is 44.3 Å². The molecule has 21 heavy (non-hydrogen) atoms. The fourth-order valence-electron chi connectivity index (χ4n) is 3.14. The molecule has 0 spiro atoms. The quantitative estimate of drug-likeness (QED) is 0.846. The van der Waals surface area contributed by atoms with Crippen molar-refractivity contribution in [3.05, 3.63) is 35.4 Å². The summed E-state index contributed by atoms with van der Waals surface area (Å²) in [5, 5.41) is 3.37. The number of carbonyl (C=O) groups is 1. The van der Waals surface area contributed by atoms with Gasteiger partial charge in [0.1, 0.15) is 0 Å². The predicted molar refractivity (Wildman–Crippen MR) is 84.4 cm³/mol. The summed E-state index contributed by atoms with van der Waals surface area (Å²) in [7, 11) is 5.64. The summed E-state index contributed by atoms with van der Waals surface area (Å²) in [6.45, 7) is 0.875. The number of rotatable bonds is 5. The number of hydrogen-bond donors (Lipinski definition) is 1. The third-order valence-corrected chi connectivity index (χ3v) is 4.51. The number of hydrogen-bond acceptors (Lipinski definition) is 4. The average molecular weight is 290 g/mol. The summed E-state index contributed by atoms with van der Waals surface area (Å²) >= 11 is 0. The van der Waals surface area contributed by atoms with E-state index in [2.05, 4.69) is 23.3 Å². The Balaban J connectivity index is 1.93. The van der Waals surface area contributed by atoms with Crippen LogP contribution < -0.4 is 5.32 Å². The van der Waals surface area contributed by atoms with E-state index in [4.69, 9.17) is 4.74 Å². The van der Waals surface area contributed by atoms with E-state index in [0.717, 1.165) is 12.1 Å². The van der Waals surface area contributed by atoms with Crippen LogP contribution in [0, 0.1) is 0 Å². The zero-order valence-electron chi connectivity index (χ0n) is 13.3. The van der Waals surface area contributed by atoms with Gasteiger partial charge in [0.05, 0.1) is 12.7 Å². The molecular weight excluding hydrogens is 264 g/mol. The van der Waals surface area contributed by atoms with E-state index >= 15 is 0 Å². The molecular formula is C17H26N2O2. The smallest absolute Gasteiger partial charge is 0.337 e. The normalized spacial score (nSPS) is 22.3. The molecule has 0 aromatic heterocycles. The maximum Gasteiger partial charge on any atom is 0.337 e. The summed E-state index contributed by atoms with van der Waals surface area (Å²) in [5.41, 5.74) is 1.79. The number of ether oxygens (including phenoxy) is 1.